The molecule has 0 aliphatic carbocycles. The molecule has 1 atom stereocenters. The van der Waals surface area contributed by atoms with Crippen molar-refractivity contribution in [3.05, 3.63) is 18.5 Å². The highest BCUT2D eigenvalue weighted by molar-refractivity contribution is 14.0. The second-order valence-electron chi connectivity index (χ2n) is 6.21. The van der Waals surface area contributed by atoms with E-state index in [0.29, 0.717) is 12.4 Å². The van der Waals surface area contributed by atoms with Crippen LogP contribution < -0.4 is 10.6 Å². The van der Waals surface area contributed by atoms with Gasteiger partial charge in [0.2, 0.25) is 5.95 Å². The molecule has 0 amide bonds. The van der Waals surface area contributed by atoms with Crippen molar-refractivity contribution in [3.63, 3.8) is 0 Å². The van der Waals surface area contributed by atoms with Crippen molar-refractivity contribution in [1.29, 1.82) is 0 Å². The van der Waals surface area contributed by atoms with Crippen LogP contribution in [0.4, 0.5) is 5.95 Å². The van der Waals surface area contributed by atoms with E-state index in [-0.39, 0.29) is 41.5 Å². The number of aliphatic imine (C=N–C) groups is 1. The molecule has 0 radical (unpaired) electrons. The van der Waals surface area contributed by atoms with E-state index >= 15 is 0 Å². The summed E-state index contributed by atoms with van der Waals surface area (Å²) in [5.74, 6) is 1.44. The van der Waals surface area contributed by atoms with E-state index in [0.717, 1.165) is 45.0 Å². The number of rotatable bonds is 3. The Hall–Kier alpha value is -1.17. The first-order valence-electron chi connectivity index (χ1n) is 8.35. The second kappa shape index (κ2) is 8.97. The summed E-state index contributed by atoms with van der Waals surface area (Å²) in [5.41, 5.74) is 6.07. The van der Waals surface area contributed by atoms with Crippen LogP contribution in [0.3, 0.4) is 0 Å². The van der Waals surface area contributed by atoms with E-state index in [4.69, 9.17) is 5.73 Å². The number of hydrogen-bond donors (Lipinski definition) is 1. The lowest BCUT2D eigenvalue weighted by Crippen LogP contribution is -2.51. The van der Waals surface area contributed by atoms with E-state index in [1.165, 1.54) is 0 Å². The molecule has 140 valence electrons. The Labute approximate surface area is 165 Å². The standard InChI is InChI=1S/C15H24N6O2S.HI/c16-14(19-12-13-4-1-2-11-24(13,22)23)20-7-9-21(10-8-20)15-17-5-3-6-18-15;/h3,5-6,13H,1-2,4,7-12H2,(H2,16,19);1H. The maximum Gasteiger partial charge on any atom is 0.225 e. The topological polar surface area (TPSA) is 105 Å². The molecule has 1 unspecified atom stereocenters. The van der Waals surface area contributed by atoms with Gasteiger partial charge in [0.15, 0.2) is 15.8 Å². The maximum absolute atomic E-state index is 12.0. The van der Waals surface area contributed by atoms with Crippen LogP contribution in [0, 0.1) is 0 Å². The number of aromatic nitrogens is 2. The number of nitrogens with two attached hydrogens (primary N) is 1. The second-order valence-corrected chi connectivity index (χ2v) is 8.61. The van der Waals surface area contributed by atoms with Gasteiger partial charge < -0.3 is 15.5 Å². The summed E-state index contributed by atoms with van der Waals surface area (Å²) >= 11 is 0. The van der Waals surface area contributed by atoms with E-state index in [1.807, 2.05) is 4.90 Å². The van der Waals surface area contributed by atoms with Crippen molar-refractivity contribution in [2.24, 2.45) is 10.7 Å². The Bertz CT molecular complexity index is 677. The van der Waals surface area contributed by atoms with Gasteiger partial charge in [0.1, 0.15) is 0 Å². The van der Waals surface area contributed by atoms with Crippen LogP contribution in [0.5, 0.6) is 0 Å². The normalized spacial score (nSPS) is 23.8. The lowest BCUT2D eigenvalue weighted by atomic mass is 10.2. The highest BCUT2D eigenvalue weighted by Gasteiger charge is 2.29. The molecule has 0 spiro atoms. The summed E-state index contributed by atoms with van der Waals surface area (Å²) in [6.07, 6.45) is 5.87. The molecule has 0 saturated carbocycles. The Morgan fingerprint density at radius 1 is 1.20 bits per heavy atom. The number of anilines is 1. The highest BCUT2D eigenvalue weighted by atomic mass is 127. The zero-order chi connectivity index (χ0) is 17.0. The Morgan fingerprint density at radius 2 is 1.88 bits per heavy atom. The molecule has 3 rings (SSSR count). The van der Waals surface area contributed by atoms with Crippen LogP contribution >= 0.6 is 24.0 Å². The summed E-state index contributed by atoms with van der Waals surface area (Å²) in [6, 6.07) is 1.80. The molecule has 1 aromatic rings. The molecule has 2 fully saturated rings. The number of hydrogen-bond acceptors (Lipinski definition) is 6. The molecular formula is C15H25IN6O2S. The minimum absolute atomic E-state index is 0. The molecule has 0 bridgehead atoms. The molecule has 10 heteroatoms. The van der Waals surface area contributed by atoms with E-state index in [9.17, 15) is 8.42 Å². The average molecular weight is 480 g/mol. The zero-order valence-electron chi connectivity index (χ0n) is 14.1. The molecule has 1 aromatic heterocycles. The van der Waals surface area contributed by atoms with Crippen LogP contribution in [-0.4, -0.2) is 73.0 Å². The number of halogens is 1. The van der Waals surface area contributed by atoms with Crippen LogP contribution in [0.15, 0.2) is 23.5 Å². The van der Waals surface area contributed by atoms with Gasteiger partial charge in [0, 0.05) is 38.6 Å². The Morgan fingerprint density at radius 3 is 2.52 bits per heavy atom. The Balaban J connectivity index is 0.00000225. The molecule has 3 heterocycles. The molecule has 2 saturated heterocycles. The fourth-order valence-electron chi connectivity index (χ4n) is 3.11. The quantitative estimate of drug-likeness (QED) is 0.382. The van der Waals surface area contributed by atoms with E-state index < -0.39 is 9.84 Å². The van der Waals surface area contributed by atoms with Crippen LogP contribution in [0.25, 0.3) is 0 Å². The fourth-order valence-corrected chi connectivity index (χ4v) is 4.88. The zero-order valence-corrected chi connectivity index (χ0v) is 17.3. The maximum atomic E-state index is 12.0. The number of piperazine rings is 1. The van der Waals surface area contributed by atoms with Crippen LogP contribution in [0.1, 0.15) is 19.3 Å². The minimum Gasteiger partial charge on any atom is -0.370 e. The average Bonchev–Trinajstić information content (AvgIpc) is 2.61. The summed E-state index contributed by atoms with van der Waals surface area (Å²) in [5, 5.41) is -0.371. The SMILES string of the molecule is I.NC(=NCC1CCCCS1(=O)=O)N1CCN(c2ncccn2)CC1. The van der Waals surface area contributed by atoms with Crippen molar-refractivity contribution in [2.45, 2.75) is 24.5 Å². The van der Waals surface area contributed by atoms with E-state index in [2.05, 4.69) is 19.9 Å². The van der Waals surface area contributed by atoms with Gasteiger partial charge in [-0.2, -0.15) is 0 Å². The first-order valence-corrected chi connectivity index (χ1v) is 10.1. The van der Waals surface area contributed by atoms with Crippen molar-refractivity contribution in [1.82, 2.24) is 14.9 Å². The first kappa shape index (κ1) is 20.1. The largest absolute Gasteiger partial charge is 0.370 e. The third-order valence-electron chi connectivity index (χ3n) is 4.61. The lowest BCUT2D eigenvalue weighted by molar-refractivity contribution is 0.378. The smallest absolute Gasteiger partial charge is 0.225 e. The van der Waals surface area contributed by atoms with E-state index in [1.54, 1.807) is 18.5 Å². The molecule has 2 aliphatic rings. The van der Waals surface area contributed by atoms with Crippen LogP contribution in [-0.2, 0) is 9.84 Å². The predicted octanol–water partition coefficient (Wildman–Crippen LogP) is 0.499. The number of guanidine groups is 1. The molecular weight excluding hydrogens is 455 g/mol. The van der Waals surface area contributed by atoms with Crippen molar-refractivity contribution >= 4 is 45.7 Å². The molecule has 0 aromatic carbocycles. The van der Waals surface area contributed by atoms with Crippen molar-refractivity contribution in [2.75, 3.05) is 43.4 Å². The van der Waals surface area contributed by atoms with Gasteiger partial charge in [0.25, 0.3) is 0 Å². The number of nitrogens with zero attached hydrogens (tertiary/aromatic N) is 5. The predicted molar refractivity (Wildman–Crippen MR) is 109 cm³/mol. The lowest BCUT2D eigenvalue weighted by Gasteiger charge is -2.35. The minimum atomic E-state index is -3.00. The third kappa shape index (κ3) is 5.16. The highest BCUT2D eigenvalue weighted by Crippen LogP contribution is 2.19. The van der Waals surface area contributed by atoms with Crippen molar-refractivity contribution in [3.8, 4) is 0 Å². The summed E-state index contributed by atoms with van der Waals surface area (Å²) < 4.78 is 24.1. The summed E-state index contributed by atoms with van der Waals surface area (Å²) in [4.78, 5) is 17.0. The van der Waals surface area contributed by atoms with Gasteiger partial charge in [-0.15, -0.1) is 24.0 Å². The van der Waals surface area contributed by atoms with Gasteiger partial charge in [-0.25, -0.2) is 18.4 Å². The summed E-state index contributed by atoms with van der Waals surface area (Å²) in [6.45, 7) is 3.26. The first-order chi connectivity index (χ1) is 11.6. The molecule has 2 N–H and O–H groups in total. The van der Waals surface area contributed by atoms with Crippen molar-refractivity contribution < 1.29 is 8.42 Å². The van der Waals surface area contributed by atoms with Gasteiger partial charge in [-0.3, -0.25) is 4.99 Å². The number of sulfone groups is 1. The third-order valence-corrected chi connectivity index (χ3v) is 6.87. The molecule has 25 heavy (non-hydrogen) atoms. The van der Waals surface area contributed by atoms with Gasteiger partial charge in [0.05, 0.1) is 17.5 Å². The van der Waals surface area contributed by atoms with Crippen LogP contribution in [0.2, 0.25) is 0 Å². The van der Waals surface area contributed by atoms with Gasteiger partial charge in [-0.1, -0.05) is 6.42 Å². The fraction of sp³-hybridized carbons (Fsp3) is 0.667. The molecule has 2 aliphatic heterocycles. The van der Waals surface area contributed by atoms with Gasteiger partial charge in [-0.05, 0) is 18.9 Å². The molecule has 8 nitrogen and oxygen atoms in total. The monoisotopic (exact) mass is 480 g/mol. The Kier molecular flexibility index (Phi) is 7.23. The summed E-state index contributed by atoms with van der Waals surface area (Å²) in [7, 11) is -3.00. The van der Waals surface area contributed by atoms with Gasteiger partial charge >= 0.3 is 0 Å².